The number of nitrogens with one attached hydrogen (secondary N) is 1. The first-order valence-corrected chi connectivity index (χ1v) is 7.75. The molecule has 0 spiro atoms. The fraction of sp³-hybridized carbons (Fsp3) is 0.133. The van der Waals surface area contributed by atoms with E-state index in [1.165, 1.54) is 3.57 Å². The van der Waals surface area contributed by atoms with Crippen LogP contribution in [-0.4, -0.2) is 5.91 Å². The third-order valence-corrected chi connectivity index (χ3v) is 4.65. The highest BCUT2D eigenvalue weighted by Gasteiger charge is 2.13. The Hall–Kier alpha value is -0.780. The van der Waals surface area contributed by atoms with Gasteiger partial charge in [-0.1, -0.05) is 23.2 Å². The van der Waals surface area contributed by atoms with Gasteiger partial charge in [0.25, 0.3) is 5.91 Å². The molecule has 0 saturated heterocycles. The molecule has 20 heavy (non-hydrogen) atoms. The summed E-state index contributed by atoms with van der Waals surface area (Å²) in [4.78, 5) is 12.3. The molecule has 0 aliphatic rings. The van der Waals surface area contributed by atoms with E-state index in [1.54, 1.807) is 18.2 Å². The van der Waals surface area contributed by atoms with Crippen molar-refractivity contribution in [2.24, 2.45) is 0 Å². The van der Waals surface area contributed by atoms with Crippen molar-refractivity contribution >= 4 is 57.4 Å². The number of amides is 1. The lowest BCUT2D eigenvalue weighted by molar-refractivity contribution is 0.102. The van der Waals surface area contributed by atoms with Crippen LogP contribution < -0.4 is 5.32 Å². The molecule has 0 unspecified atom stereocenters. The summed E-state index contributed by atoms with van der Waals surface area (Å²) in [5.74, 6) is -0.263. The van der Waals surface area contributed by atoms with E-state index in [-0.39, 0.29) is 5.91 Å². The van der Waals surface area contributed by atoms with Gasteiger partial charge in [0.1, 0.15) is 0 Å². The van der Waals surface area contributed by atoms with Crippen LogP contribution in [0.25, 0.3) is 0 Å². The molecule has 0 bridgehead atoms. The van der Waals surface area contributed by atoms with Crippen LogP contribution in [0.3, 0.4) is 0 Å². The predicted molar refractivity (Wildman–Crippen MR) is 93.0 cm³/mol. The molecule has 0 aliphatic carbocycles. The van der Waals surface area contributed by atoms with Crippen molar-refractivity contribution in [3.63, 3.8) is 0 Å². The van der Waals surface area contributed by atoms with Crippen molar-refractivity contribution < 1.29 is 4.79 Å². The molecule has 2 aromatic rings. The van der Waals surface area contributed by atoms with Gasteiger partial charge in [0.15, 0.2) is 0 Å². The molecule has 2 aromatic carbocycles. The van der Waals surface area contributed by atoms with Crippen molar-refractivity contribution in [3.05, 3.63) is 60.6 Å². The summed E-state index contributed by atoms with van der Waals surface area (Å²) in [6, 6.07) is 8.82. The molecule has 104 valence electrons. The van der Waals surface area contributed by atoms with E-state index in [0.717, 1.165) is 16.8 Å². The molecule has 0 radical (unpaired) electrons. The molecule has 2 rings (SSSR count). The van der Waals surface area contributed by atoms with E-state index in [1.807, 2.05) is 26.0 Å². The van der Waals surface area contributed by atoms with Gasteiger partial charge < -0.3 is 5.32 Å². The lowest BCUT2D eigenvalue weighted by Gasteiger charge is -2.11. The fourth-order valence-electron chi connectivity index (χ4n) is 1.78. The first-order valence-electron chi connectivity index (χ1n) is 5.91. The smallest absolute Gasteiger partial charge is 0.257 e. The zero-order chi connectivity index (χ0) is 14.9. The number of hydrogen-bond acceptors (Lipinski definition) is 1. The third kappa shape index (κ3) is 3.45. The van der Waals surface area contributed by atoms with Gasteiger partial charge in [-0.05, 0) is 77.9 Å². The van der Waals surface area contributed by atoms with Crippen LogP contribution >= 0.6 is 45.8 Å². The zero-order valence-corrected chi connectivity index (χ0v) is 14.6. The lowest BCUT2D eigenvalue weighted by Crippen LogP contribution is -2.13. The Bertz CT molecular complexity index is 686. The number of halogens is 3. The highest BCUT2D eigenvalue weighted by atomic mass is 127. The van der Waals surface area contributed by atoms with Crippen molar-refractivity contribution in [1.29, 1.82) is 0 Å². The molecule has 5 heteroatoms. The van der Waals surface area contributed by atoms with E-state index >= 15 is 0 Å². The second-order valence-electron chi connectivity index (χ2n) is 4.49. The average Bonchev–Trinajstić information content (AvgIpc) is 2.38. The van der Waals surface area contributed by atoms with E-state index < -0.39 is 0 Å². The van der Waals surface area contributed by atoms with Gasteiger partial charge in [0.2, 0.25) is 0 Å². The first-order chi connectivity index (χ1) is 9.38. The number of carbonyl (C=O) groups excluding carboxylic acids is 1. The Labute approximate surface area is 141 Å². The van der Waals surface area contributed by atoms with Gasteiger partial charge in [-0.3, -0.25) is 4.79 Å². The van der Waals surface area contributed by atoms with Crippen LogP contribution in [0.4, 0.5) is 5.69 Å². The molecule has 0 atom stereocenters. The van der Waals surface area contributed by atoms with E-state index in [2.05, 4.69) is 27.9 Å². The number of rotatable bonds is 2. The molecule has 0 heterocycles. The molecule has 0 fully saturated rings. The average molecular weight is 420 g/mol. The Morgan fingerprint density at radius 3 is 2.50 bits per heavy atom. The molecular weight excluding hydrogens is 408 g/mol. The summed E-state index contributed by atoms with van der Waals surface area (Å²) in [5, 5.41) is 3.74. The molecular formula is C15H12Cl2INO. The molecule has 1 amide bonds. The number of carbonyl (C=O) groups is 1. The van der Waals surface area contributed by atoms with Crippen molar-refractivity contribution in [2.75, 3.05) is 5.32 Å². The minimum atomic E-state index is -0.263. The van der Waals surface area contributed by atoms with Crippen molar-refractivity contribution in [2.45, 2.75) is 13.8 Å². The van der Waals surface area contributed by atoms with Gasteiger partial charge in [0, 0.05) is 14.3 Å². The number of benzene rings is 2. The third-order valence-electron chi connectivity index (χ3n) is 2.93. The normalized spacial score (nSPS) is 10.4. The summed E-state index contributed by atoms with van der Waals surface area (Å²) in [7, 11) is 0. The maximum atomic E-state index is 12.3. The van der Waals surface area contributed by atoms with Gasteiger partial charge in [-0.25, -0.2) is 0 Å². The van der Waals surface area contributed by atoms with Crippen LogP contribution in [-0.2, 0) is 0 Å². The van der Waals surface area contributed by atoms with E-state index in [9.17, 15) is 4.79 Å². The number of hydrogen-bond donors (Lipinski definition) is 1. The summed E-state index contributed by atoms with van der Waals surface area (Å²) in [6.45, 7) is 3.96. The minimum absolute atomic E-state index is 0.263. The molecule has 2 nitrogen and oxygen atoms in total. The maximum absolute atomic E-state index is 12.3. The monoisotopic (exact) mass is 419 g/mol. The number of aryl methyl sites for hydroxylation is 2. The van der Waals surface area contributed by atoms with Crippen LogP contribution in [0, 0.1) is 17.4 Å². The predicted octanol–water partition coefficient (Wildman–Crippen LogP) is 5.47. The Morgan fingerprint density at radius 2 is 1.80 bits per heavy atom. The van der Waals surface area contributed by atoms with E-state index in [4.69, 9.17) is 23.2 Å². The Kier molecular flexibility index (Phi) is 4.94. The van der Waals surface area contributed by atoms with Crippen molar-refractivity contribution in [3.8, 4) is 0 Å². The maximum Gasteiger partial charge on any atom is 0.257 e. The first kappa shape index (κ1) is 15.6. The SMILES string of the molecule is Cc1cc(NC(=O)c2cc(Cl)ccc2Cl)c(C)cc1I. The summed E-state index contributed by atoms with van der Waals surface area (Å²) >= 11 is 14.2. The minimum Gasteiger partial charge on any atom is -0.322 e. The van der Waals surface area contributed by atoms with Crippen LogP contribution in [0.2, 0.25) is 10.0 Å². The quantitative estimate of drug-likeness (QED) is 0.642. The number of anilines is 1. The highest BCUT2D eigenvalue weighted by molar-refractivity contribution is 14.1. The summed E-state index contributed by atoms with van der Waals surface area (Å²) < 4.78 is 1.17. The van der Waals surface area contributed by atoms with Crippen LogP contribution in [0.5, 0.6) is 0 Å². The second-order valence-corrected chi connectivity index (χ2v) is 6.50. The molecule has 0 aromatic heterocycles. The van der Waals surface area contributed by atoms with Crippen LogP contribution in [0.1, 0.15) is 21.5 Å². The fourth-order valence-corrected chi connectivity index (χ4v) is 2.78. The van der Waals surface area contributed by atoms with Gasteiger partial charge in [0.05, 0.1) is 10.6 Å². The molecule has 1 N–H and O–H groups in total. The summed E-state index contributed by atoms with van der Waals surface area (Å²) in [5.41, 5.74) is 3.27. The topological polar surface area (TPSA) is 29.1 Å². The van der Waals surface area contributed by atoms with Crippen LogP contribution in [0.15, 0.2) is 30.3 Å². The zero-order valence-electron chi connectivity index (χ0n) is 10.9. The highest BCUT2D eigenvalue weighted by Crippen LogP contribution is 2.25. The standard InChI is InChI=1S/C15H12Cl2INO/c1-8-6-14(9(2)5-13(8)18)19-15(20)11-7-10(16)3-4-12(11)17/h3-7H,1-2H3,(H,19,20). The van der Waals surface area contributed by atoms with Gasteiger partial charge >= 0.3 is 0 Å². The summed E-state index contributed by atoms with van der Waals surface area (Å²) in [6.07, 6.45) is 0. The second kappa shape index (κ2) is 6.33. The van der Waals surface area contributed by atoms with Gasteiger partial charge in [-0.2, -0.15) is 0 Å². The largest absolute Gasteiger partial charge is 0.322 e. The lowest BCUT2D eigenvalue weighted by atomic mass is 10.1. The van der Waals surface area contributed by atoms with Crippen molar-refractivity contribution in [1.82, 2.24) is 0 Å². The Morgan fingerprint density at radius 1 is 1.10 bits per heavy atom. The van der Waals surface area contributed by atoms with Gasteiger partial charge in [-0.15, -0.1) is 0 Å². The molecule has 0 aliphatic heterocycles. The Balaban J connectivity index is 2.32. The van der Waals surface area contributed by atoms with E-state index in [0.29, 0.717) is 15.6 Å². The molecule has 0 saturated carbocycles.